The molecule has 0 spiro atoms. The molecular weight excluding hydrogens is 207 g/mol. The van der Waals surface area contributed by atoms with Gasteiger partial charge in [-0.05, 0) is 0 Å². The van der Waals surface area contributed by atoms with Crippen molar-refractivity contribution in [1.29, 1.82) is 0 Å². The Balaban J connectivity index is 0. The van der Waals surface area contributed by atoms with E-state index in [1.165, 1.54) is 44.9 Å². The summed E-state index contributed by atoms with van der Waals surface area (Å²) in [5, 5.41) is 13.9. The molecule has 0 aliphatic heterocycles. The molecule has 0 radical (unpaired) electrons. The van der Waals surface area contributed by atoms with E-state index in [1.54, 1.807) is 0.515 Å². The van der Waals surface area contributed by atoms with Gasteiger partial charge in [0.15, 0.2) is 0 Å². The Bertz CT molecular complexity index is 106. The van der Waals surface area contributed by atoms with Crippen molar-refractivity contribution in [3.8, 4) is 0 Å². The third kappa shape index (κ3) is 29.3. The van der Waals surface area contributed by atoms with E-state index in [0.717, 1.165) is 49.0 Å². The molecule has 80 valence electrons. The van der Waals surface area contributed by atoms with Gasteiger partial charge in [-0.15, -0.1) is 0 Å². The number of hydrogen-bond donors (Lipinski definition) is 2. The summed E-state index contributed by atoms with van der Waals surface area (Å²) in [6, 6.07) is 0. The maximum atomic E-state index is 8.56. The van der Waals surface area contributed by atoms with Crippen LogP contribution in [0, 0.1) is 0 Å². The van der Waals surface area contributed by atoms with Gasteiger partial charge in [0.25, 0.3) is 0 Å². The van der Waals surface area contributed by atoms with Gasteiger partial charge in [-0.1, -0.05) is 0 Å². The van der Waals surface area contributed by atoms with E-state index in [2.05, 4.69) is 6.92 Å². The zero-order chi connectivity index (χ0) is 11.2. The van der Waals surface area contributed by atoms with Gasteiger partial charge in [0.2, 0.25) is 0 Å². The number of carboxylic acid groups (broad SMARTS) is 2. The van der Waals surface area contributed by atoms with E-state index in [9.17, 15) is 0 Å². The molecule has 0 aliphatic rings. The standard InChI is InChI=1S/C9H19.CH2O3.K/c1-3-5-7-9-8-6-4-2;2-1(3)4;/h1,3-9H2,2H3;(H2,2,3,4);. The summed E-state index contributed by atoms with van der Waals surface area (Å²) in [7, 11) is 0. The average Bonchev–Trinajstić information content (AvgIpc) is 2.10. The molecule has 0 aromatic carbocycles. The summed E-state index contributed by atoms with van der Waals surface area (Å²) in [6.07, 6.45) is 8.48. The molecule has 0 fully saturated rings. The summed E-state index contributed by atoms with van der Waals surface area (Å²) in [5.41, 5.74) is 0. The van der Waals surface area contributed by atoms with Crippen LogP contribution in [0.3, 0.4) is 0 Å². The van der Waals surface area contributed by atoms with Crippen LogP contribution in [0.2, 0.25) is 0.515 Å². The van der Waals surface area contributed by atoms with Crippen LogP contribution in [-0.2, 0) is 0 Å². The molecule has 0 heterocycles. The first-order chi connectivity index (χ1) is 6.65. The summed E-state index contributed by atoms with van der Waals surface area (Å²) >= 11 is 1.11. The first-order valence-corrected chi connectivity index (χ1v) is 7.77. The van der Waals surface area contributed by atoms with Gasteiger partial charge in [-0.25, -0.2) is 4.79 Å². The molecule has 0 rings (SSSR count). The number of rotatable bonds is 7. The summed E-state index contributed by atoms with van der Waals surface area (Å²) in [5.74, 6) is 0. The summed E-state index contributed by atoms with van der Waals surface area (Å²) in [6.45, 7) is 2.28. The Kier molecular flexibility index (Phi) is 20.2. The maximum Gasteiger partial charge on any atom is 0.503 e. The van der Waals surface area contributed by atoms with Crippen LogP contribution in [0.1, 0.15) is 51.9 Å². The predicted octanol–water partition coefficient (Wildman–Crippen LogP) is 3.55. The van der Waals surface area contributed by atoms with Gasteiger partial charge >= 0.3 is 107 Å². The Morgan fingerprint density at radius 3 is 1.71 bits per heavy atom. The van der Waals surface area contributed by atoms with E-state index < -0.39 is 6.16 Å². The number of carbonyl (C=O) groups is 1. The molecule has 0 saturated heterocycles. The molecule has 0 unspecified atom stereocenters. The normalized spacial score (nSPS) is 9.07. The minimum Gasteiger partial charge on any atom is -0.450 e. The van der Waals surface area contributed by atoms with E-state index in [1.807, 2.05) is 0 Å². The summed E-state index contributed by atoms with van der Waals surface area (Å²) < 4.78 is 1.56. The first-order valence-electron chi connectivity index (χ1n) is 5.57. The van der Waals surface area contributed by atoms with E-state index in [0.29, 0.717) is 0 Å². The van der Waals surface area contributed by atoms with Crippen LogP contribution < -0.4 is 0 Å². The fourth-order valence-electron chi connectivity index (χ4n) is 1.21. The topological polar surface area (TPSA) is 57.5 Å². The predicted molar refractivity (Wildman–Crippen MR) is 59.2 cm³/mol. The molecular formula is C10H21KO3. The van der Waals surface area contributed by atoms with E-state index in [4.69, 9.17) is 15.0 Å². The third-order valence-electron chi connectivity index (χ3n) is 1.96. The van der Waals surface area contributed by atoms with E-state index >= 15 is 0 Å². The van der Waals surface area contributed by atoms with Crippen molar-refractivity contribution in [3.63, 3.8) is 0 Å². The van der Waals surface area contributed by atoms with Gasteiger partial charge in [0.1, 0.15) is 0 Å². The molecule has 14 heavy (non-hydrogen) atoms. The fraction of sp³-hybridized carbons (Fsp3) is 0.900. The summed E-state index contributed by atoms with van der Waals surface area (Å²) in [4.78, 5) is 8.56. The monoisotopic (exact) mass is 228 g/mol. The van der Waals surface area contributed by atoms with Crippen molar-refractivity contribution in [3.05, 3.63) is 0 Å². The van der Waals surface area contributed by atoms with Crippen LogP contribution in [-0.4, -0.2) is 65.3 Å². The van der Waals surface area contributed by atoms with Crippen LogP contribution in [0.25, 0.3) is 0 Å². The van der Waals surface area contributed by atoms with Crippen LogP contribution in [0.4, 0.5) is 4.79 Å². The molecule has 0 saturated carbocycles. The second-order valence-electron chi connectivity index (χ2n) is 3.40. The molecule has 3 nitrogen and oxygen atoms in total. The van der Waals surface area contributed by atoms with Crippen molar-refractivity contribution in [2.75, 3.05) is 0 Å². The van der Waals surface area contributed by atoms with Crippen molar-refractivity contribution >= 4 is 55.1 Å². The molecule has 0 aromatic heterocycles. The number of hydrogen-bond acceptors (Lipinski definition) is 1. The molecule has 0 bridgehead atoms. The molecule has 0 amide bonds. The molecule has 0 atom stereocenters. The quantitative estimate of drug-likeness (QED) is 0.517. The minimum atomic E-state index is -1.83. The molecule has 4 heteroatoms. The van der Waals surface area contributed by atoms with Crippen LogP contribution in [0.5, 0.6) is 0 Å². The fourth-order valence-corrected chi connectivity index (χ4v) is 1.99. The zero-order valence-corrected chi connectivity index (χ0v) is 12.6. The van der Waals surface area contributed by atoms with Gasteiger partial charge in [0, 0.05) is 0 Å². The average molecular weight is 228 g/mol. The van der Waals surface area contributed by atoms with Gasteiger partial charge in [-0.2, -0.15) is 0 Å². The maximum absolute atomic E-state index is 8.56. The van der Waals surface area contributed by atoms with Crippen molar-refractivity contribution < 1.29 is 15.0 Å². The SMILES string of the molecule is CCCCCCCC[CH2][K].O=C(O)O. The smallest absolute Gasteiger partial charge is 0.450 e. The minimum absolute atomic E-state index is 1.11. The Hall–Kier alpha value is 0.906. The third-order valence-corrected chi connectivity index (χ3v) is 3.06. The zero-order valence-electron chi connectivity index (χ0n) is 9.46. The van der Waals surface area contributed by atoms with Crippen molar-refractivity contribution in [2.45, 2.75) is 52.4 Å². The van der Waals surface area contributed by atoms with Gasteiger partial charge < -0.3 is 10.2 Å². The van der Waals surface area contributed by atoms with Crippen LogP contribution in [0.15, 0.2) is 0 Å². The second-order valence-corrected chi connectivity index (χ2v) is 4.97. The molecule has 0 aromatic rings. The molecule has 0 aliphatic carbocycles. The van der Waals surface area contributed by atoms with E-state index in [-0.39, 0.29) is 0 Å². The van der Waals surface area contributed by atoms with Crippen molar-refractivity contribution in [2.24, 2.45) is 0 Å². The Morgan fingerprint density at radius 1 is 1.00 bits per heavy atom. The Morgan fingerprint density at radius 2 is 1.36 bits per heavy atom. The van der Waals surface area contributed by atoms with Gasteiger partial charge in [0.05, 0.1) is 0 Å². The second kappa shape index (κ2) is 16.3. The Labute approximate surface area is 121 Å². The van der Waals surface area contributed by atoms with Crippen molar-refractivity contribution in [1.82, 2.24) is 0 Å². The first kappa shape index (κ1) is 17.3. The largest absolute Gasteiger partial charge is 0.503 e. The molecule has 2 N–H and O–H groups in total. The van der Waals surface area contributed by atoms with Crippen LogP contribution >= 0.6 is 0 Å². The van der Waals surface area contributed by atoms with Gasteiger partial charge in [-0.3, -0.25) is 0 Å². The number of unbranched alkanes of at least 4 members (excludes halogenated alkanes) is 6.